The molecule has 0 aliphatic carbocycles. The Bertz CT molecular complexity index is 461. The second kappa shape index (κ2) is 5.50. The largest absolute Gasteiger partial charge is 0.529 e. The predicted molar refractivity (Wildman–Crippen MR) is 87.9 cm³/mol. The zero-order chi connectivity index (χ0) is 17.7. The van der Waals surface area contributed by atoms with E-state index in [2.05, 4.69) is 0 Å². The van der Waals surface area contributed by atoms with Crippen LogP contribution in [0.4, 0.5) is 0 Å². The number of rotatable bonds is 2. The van der Waals surface area contributed by atoms with E-state index < -0.39 is 28.4 Å². The first kappa shape index (κ1) is 19.5. The van der Waals surface area contributed by atoms with E-state index in [4.69, 9.17) is 0 Å². The third-order valence-electron chi connectivity index (χ3n) is 3.50. The molecule has 0 bridgehead atoms. The van der Waals surface area contributed by atoms with Gasteiger partial charge in [-0.05, 0) is 22.0 Å². The molecule has 0 atom stereocenters. The second-order valence-electron chi connectivity index (χ2n) is 7.71. The summed E-state index contributed by atoms with van der Waals surface area (Å²) in [5.41, 5.74) is -0.452. The van der Waals surface area contributed by atoms with Gasteiger partial charge in [-0.1, -0.05) is 53.7 Å². The molecule has 0 saturated carbocycles. The van der Waals surface area contributed by atoms with E-state index in [0.29, 0.717) is 11.1 Å². The standard InChI is InChI=1S/C14H26O6Si2/c1-13(2,3)9-7-12(22(18,19)20)10(14(4,5)6)8-11(9)21(15,16)17/h7-8,15-20H,1-6H3. The highest BCUT2D eigenvalue weighted by Gasteiger charge is 2.42. The third kappa shape index (κ3) is 4.24. The molecule has 0 heterocycles. The van der Waals surface area contributed by atoms with Crippen LogP contribution >= 0.6 is 0 Å². The summed E-state index contributed by atoms with van der Waals surface area (Å²) in [5, 5.41) is -0.0150. The van der Waals surface area contributed by atoms with Crippen molar-refractivity contribution in [1.29, 1.82) is 0 Å². The molecular formula is C14H26O6Si2. The van der Waals surface area contributed by atoms with Gasteiger partial charge in [0.15, 0.2) is 0 Å². The molecule has 0 aromatic heterocycles. The van der Waals surface area contributed by atoms with Crippen molar-refractivity contribution in [3.05, 3.63) is 23.3 Å². The second-order valence-corrected chi connectivity index (χ2v) is 11.3. The van der Waals surface area contributed by atoms with Gasteiger partial charge in [-0.25, -0.2) is 0 Å². The van der Waals surface area contributed by atoms with E-state index in [1.165, 1.54) is 12.1 Å². The zero-order valence-corrected chi connectivity index (χ0v) is 15.8. The van der Waals surface area contributed by atoms with Gasteiger partial charge in [0.2, 0.25) is 0 Å². The van der Waals surface area contributed by atoms with Gasteiger partial charge in [-0.2, -0.15) is 0 Å². The summed E-state index contributed by atoms with van der Waals surface area (Å²) < 4.78 is 0. The van der Waals surface area contributed by atoms with E-state index in [9.17, 15) is 28.8 Å². The lowest BCUT2D eigenvalue weighted by molar-refractivity contribution is 0.245. The SMILES string of the molecule is CC(C)(C)c1cc([Si](O)(O)O)c(C(C)(C)C)cc1[Si](O)(O)O. The van der Waals surface area contributed by atoms with E-state index in [-0.39, 0.29) is 10.4 Å². The highest BCUT2D eigenvalue weighted by molar-refractivity contribution is 6.74. The zero-order valence-electron chi connectivity index (χ0n) is 13.8. The van der Waals surface area contributed by atoms with Crippen LogP contribution in [0.2, 0.25) is 0 Å². The molecule has 0 fully saturated rings. The summed E-state index contributed by atoms with van der Waals surface area (Å²) in [6.07, 6.45) is 0. The fraction of sp³-hybridized carbons (Fsp3) is 0.571. The maximum absolute atomic E-state index is 9.79. The van der Waals surface area contributed by atoms with Gasteiger partial charge in [-0.15, -0.1) is 0 Å². The van der Waals surface area contributed by atoms with Crippen LogP contribution in [0.5, 0.6) is 0 Å². The molecular weight excluding hydrogens is 320 g/mol. The van der Waals surface area contributed by atoms with Crippen molar-refractivity contribution in [2.45, 2.75) is 52.4 Å². The fourth-order valence-corrected chi connectivity index (χ4v) is 4.69. The van der Waals surface area contributed by atoms with Gasteiger partial charge in [0.1, 0.15) is 0 Å². The Kier molecular flexibility index (Phi) is 4.86. The first-order valence-electron chi connectivity index (χ1n) is 7.00. The van der Waals surface area contributed by atoms with Crippen molar-refractivity contribution >= 4 is 28.0 Å². The average Bonchev–Trinajstić information content (AvgIpc) is 2.22. The molecule has 22 heavy (non-hydrogen) atoms. The molecule has 0 spiro atoms. The topological polar surface area (TPSA) is 121 Å². The van der Waals surface area contributed by atoms with Crippen molar-refractivity contribution in [1.82, 2.24) is 0 Å². The van der Waals surface area contributed by atoms with Gasteiger partial charge in [0.25, 0.3) is 0 Å². The Morgan fingerprint density at radius 3 is 0.955 bits per heavy atom. The van der Waals surface area contributed by atoms with Crippen LogP contribution in [0.25, 0.3) is 0 Å². The van der Waals surface area contributed by atoms with Crippen LogP contribution in [-0.4, -0.2) is 46.4 Å². The lowest BCUT2D eigenvalue weighted by Crippen LogP contribution is -2.57. The average molecular weight is 347 g/mol. The Balaban J connectivity index is 3.90. The molecule has 0 aliphatic rings. The smallest absolute Gasteiger partial charge is 0.386 e. The first-order chi connectivity index (χ1) is 9.45. The highest BCUT2D eigenvalue weighted by atomic mass is 28.4. The molecule has 6 nitrogen and oxygen atoms in total. The quantitative estimate of drug-likeness (QED) is 0.364. The first-order valence-corrected chi connectivity index (χ1v) is 10.7. The summed E-state index contributed by atoms with van der Waals surface area (Å²) in [5.74, 6) is 0. The molecule has 0 radical (unpaired) electrons. The monoisotopic (exact) mass is 346 g/mol. The van der Waals surface area contributed by atoms with Gasteiger partial charge in [-0.3, -0.25) is 0 Å². The molecule has 1 aromatic carbocycles. The minimum absolute atomic E-state index is 0.00748. The molecule has 126 valence electrons. The molecule has 8 heteroatoms. The molecule has 0 aliphatic heterocycles. The van der Waals surface area contributed by atoms with Gasteiger partial charge >= 0.3 is 17.6 Å². The van der Waals surface area contributed by atoms with Crippen molar-refractivity contribution in [3.8, 4) is 0 Å². The molecule has 0 saturated heterocycles. The molecule has 0 unspecified atom stereocenters. The lowest BCUT2D eigenvalue weighted by atomic mass is 9.82. The van der Waals surface area contributed by atoms with Crippen molar-refractivity contribution in [2.24, 2.45) is 0 Å². The predicted octanol–water partition coefficient (Wildman–Crippen LogP) is -1.47. The Labute approximate surface area is 133 Å². The summed E-state index contributed by atoms with van der Waals surface area (Å²) >= 11 is 0. The minimum atomic E-state index is -4.61. The molecule has 0 amide bonds. The lowest BCUT2D eigenvalue weighted by Gasteiger charge is -2.32. The maximum Gasteiger partial charge on any atom is 0.529 e. The van der Waals surface area contributed by atoms with Gasteiger partial charge in [0.05, 0.1) is 0 Å². The summed E-state index contributed by atoms with van der Waals surface area (Å²) in [6.45, 7) is 10.8. The molecule has 1 aromatic rings. The minimum Gasteiger partial charge on any atom is -0.386 e. The fourth-order valence-electron chi connectivity index (χ4n) is 2.40. The highest BCUT2D eigenvalue weighted by Crippen LogP contribution is 2.27. The summed E-state index contributed by atoms with van der Waals surface area (Å²) in [6, 6.07) is 2.74. The number of hydrogen-bond acceptors (Lipinski definition) is 6. The van der Waals surface area contributed by atoms with Crippen LogP contribution in [0.1, 0.15) is 52.7 Å². The van der Waals surface area contributed by atoms with Crippen LogP contribution in [-0.2, 0) is 10.8 Å². The van der Waals surface area contributed by atoms with Crippen molar-refractivity contribution < 1.29 is 28.8 Å². The van der Waals surface area contributed by atoms with E-state index in [0.717, 1.165) is 0 Å². The van der Waals surface area contributed by atoms with Crippen molar-refractivity contribution in [2.75, 3.05) is 0 Å². The van der Waals surface area contributed by atoms with Crippen LogP contribution in [0.15, 0.2) is 12.1 Å². The van der Waals surface area contributed by atoms with E-state index >= 15 is 0 Å². The van der Waals surface area contributed by atoms with Gasteiger partial charge in [0, 0.05) is 10.4 Å². The van der Waals surface area contributed by atoms with E-state index in [1.54, 1.807) is 41.5 Å². The van der Waals surface area contributed by atoms with Gasteiger partial charge < -0.3 is 28.8 Å². The number of hydrogen-bond donors (Lipinski definition) is 6. The summed E-state index contributed by atoms with van der Waals surface area (Å²) in [4.78, 5) is 58.7. The van der Waals surface area contributed by atoms with E-state index in [1.807, 2.05) is 0 Å². The Hall–Kier alpha value is -0.586. The summed E-state index contributed by atoms with van der Waals surface area (Å²) in [7, 11) is -9.22. The number of benzene rings is 1. The van der Waals surface area contributed by atoms with Crippen LogP contribution in [0.3, 0.4) is 0 Å². The van der Waals surface area contributed by atoms with Crippen LogP contribution in [0, 0.1) is 0 Å². The maximum atomic E-state index is 9.79. The Morgan fingerprint density at radius 1 is 0.591 bits per heavy atom. The van der Waals surface area contributed by atoms with Crippen LogP contribution < -0.4 is 10.4 Å². The Morgan fingerprint density at radius 2 is 0.818 bits per heavy atom. The third-order valence-corrected chi connectivity index (χ3v) is 5.77. The molecule has 6 N–H and O–H groups in total. The molecule has 1 rings (SSSR count). The normalized spacial score (nSPS) is 14.4. The van der Waals surface area contributed by atoms with Crippen molar-refractivity contribution in [3.63, 3.8) is 0 Å².